The molecular weight excluding hydrogens is 194 g/mol. The maximum absolute atomic E-state index is 11.7. The number of hydrogen-bond acceptors (Lipinski definition) is 2. The highest BCUT2D eigenvalue weighted by molar-refractivity contribution is 5.88. The van der Waals surface area contributed by atoms with Crippen molar-refractivity contribution < 1.29 is 15.1 Å². The Bertz CT molecular complexity index is 351. The molecule has 1 aromatic rings. The van der Waals surface area contributed by atoms with Crippen molar-refractivity contribution in [2.75, 3.05) is 5.06 Å². The summed E-state index contributed by atoms with van der Waals surface area (Å²) < 4.78 is 0. The van der Waals surface area contributed by atoms with Crippen LogP contribution in [0.15, 0.2) is 24.3 Å². The average molecular weight is 208 g/mol. The van der Waals surface area contributed by atoms with Crippen molar-refractivity contribution in [2.45, 2.75) is 26.3 Å². The van der Waals surface area contributed by atoms with Gasteiger partial charge in [0.1, 0.15) is 0 Å². The van der Waals surface area contributed by atoms with E-state index in [4.69, 9.17) is 5.11 Å². The van der Waals surface area contributed by atoms with Gasteiger partial charge in [0, 0.05) is 0 Å². The van der Waals surface area contributed by atoms with Gasteiger partial charge in [-0.15, -0.1) is 0 Å². The Morgan fingerprint density at radius 3 is 2.00 bits per heavy atom. The summed E-state index contributed by atoms with van der Waals surface area (Å²) in [5.74, 6) is -0.991. The molecule has 0 aromatic heterocycles. The SMILES string of the molecule is CC(C)(C)N([O])c1ccc(C(=O)O)cc1. The molecule has 0 amide bonds. The van der Waals surface area contributed by atoms with Crippen LogP contribution in [0.2, 0.25) is 0 Å². The molecule has 4 heteroatoms. The van der Waals surface area contributed by atoms with Gasteiger partial charge in [-0.2, -0.15) is 0 Å². The van der Waals surface area contributed by atoms with Crippen LogP contribution in [-0.2, 0) is 5.21 Å². The third-order valence-electron chi connectivity index (χ3n) is 1.96. The molecule has 0 spiro atoms. The molecule has 0 bridgehead atoms. The Morgan fingerprint density at radius 2 is 1.67 bits per heavy atom. The lowest BCUT2D eigenvalue weighted by molar-refractivity contribution is 0.0696. The highest BCUT2D eigenvalue weighted by atomic mass is 16.5. The quantitative estimate of drug-likeness (QED) is 0.759. The van der Waals surface area contributed by atoms with Gasteiger partial charge in [0.15, 0.2) is 0 Å². The first-order valence-corrected chi connectivity index (χ1v) is 4.63. The highest BCUT2D eigenvalue weighted by Gasteiger charge is 2.21. The molecule has 1 aromatic carbocycles. The highest BCUT2D eigenvalue weighted by Crippen LogP contribution is 2.22. The van der Waals surface area contributed by atoms with Crippen LogP contribution in [0.4, 0.5) is 5.69 Å². The zero-order chi connectivity index (χ0) is 11.6. The number of nitrogens with zero attached hydrogens (tertiary/aromatic N) is 1. The summed E-state index contributed by atoms with van der Waals surface area (Å²) >= 11 is 0. The number of carbonyl (C=O) groups is 1. The van der Waals surface area contributed by atoms with E-state index in [0.717, 1.165) is 5.06 Å². The topological polar surface area (TPSA) is 60.4 Å². The van der Waals surface area contributed by atoms with E-state index >= 15 is 0 Å². The average Bonchev–Trinajstić information content (AvgIpc) is 2.15. The van der Waals surface area contributed by atoms with Crippen molar-refractivity contribution in [3.63, 3.8) is 0 Å². The largest absolute Gasteiger partial charge is 0.478 e. The smallest absolute Gasteiger partial charge is 0.335 e. The molecule has 0 heterocycles. The van der Waals surface area contributed by atoms with E-state index in [1.54, 1.807) is 20.8 Å². The van der Waals surface area contributed by atoms with E-state index in [1.165, 1.54) is 24.3 Å². The summed E-state index contributed by atoms with van der Waals surface area (Å²) in [5, 5.41) is 21.3. The van der Waals surface area contributed by atoms with Crippen molar-refractivity contribution in [3.8, 4) is 0 Å². The van der Waals surface area contributed by atoms with Crippen molar-refractivity contribution in [1.82, 2.24) is 0 Å². The molecule has 4 nitrogen and oxygen atoms in total. The van der Waals surface area contributed by atoms with Crippen LogP contribution in [0.1, 0.15) is 31.1 Å². The Morgan fingerprint density at radius 1 is 1.20 bits per heavy atom. The molecule has 81 valence electrons. The standard InChI is InChI=1S/C11H14NO3/c1-11(2,3)12(15)9-6-4-8(5-7-9)10(13)14/h4-7H,1-3H3,(H,13,14). The van der Waals surface area contributed by atoms with Crippen LogP contribution >= 0.6 is 0 Å². The second-order valence-corrected chi connectivity index (χ2v) is 4.32. The number of anilines is 1. The molecular formula is C11H14NO3. The summed E-state index contributed by atoms with van der Waals surface area (Å²) in [6.07, 6.45) is 0. The first kappa shape index (κ1) is 11.5. The van der Waals surface area contributed by atoms with Gasteiger partial charge in [-0.1, -0.05) is 5.21 Å². The number of carboxylic acids is 1. The monoisotopic (exact) mass is 208 g/mol. The van der Waals surface area contributed by atoms with Crippen molar-refractivity contribution in [2.24, 2.45) is 0 Å². The zero-order valence-corrected chi connectivity index (χ0v) is 9.02. The maximum atomic E-state index is 11.7. The van der Waals surface area contributed by atoms with Gasteiger partial charge in [0.25, 0.3) is 0 Å². The van der Waals surface area contributed by atoms with E-state index in [-0.39, 0.29) is 5.56 Å². The molecule has 1 rings (SSSR count). The second-order valence-electron chi connectivity index (χ2n) is 4.32. The van der Waals surface area contributed by atoms with Crippen LogP contribution in [0.25, 0.3) is 0 Å². The minimum atomic E-state index is -0.991. The number of carboxylic acid groups (broad SMARTS) is 1. The molecule has 0 atom stereocenters. The minimum Gasteiger partial charge on any atom is -0.478 e. The van der Waals surface area contributed by atoms with Crippen LogP contribution in [0, 0.1) is 0 Å². The lowest BCUT2D eigenvalue weighted by Gasteiger charge is -2.28. The van der Waals surface area contributed by atoms with Crippen LogP contribution in [0.3, 0.4) is 0 Å². The third-order valence-corrected chi connectivity index (χ3v) is 1.96. The van der Waals surface area contributed by atoms with E-state index in [2.05, 4.69) is 0 Å². The molecule has 0 fully saturated rings. The summed E-state index contributed by atoms with van der Waals surface area (Å²) in [7, 11) is 0. The number of benzene rings is 1. The van der Waals surface area contributed by atoms with E-state index in [9.17, 15) is 10.0 Å². The van der Waals surface area contributed by atoms with Crippen molar-refractivity contribution >= 4 is 11.7 Å². The fourth-order valence-electron chi connectivity index (χ4n) is 1.13. The van der Waals surface area contributed by atoms with Crippen LogP contribution < -0.4 is 5.06 Å². The summed E-state index contributed by atoms with van der Waals surface area (Å²) in [6.45, 7) is 5.39. The molecule has 0 unspecified atom stereocenters. The van der Waals surface area contributed by atoms with Crippen molar-refractivity contribution in [1.29, 1.82) is 0 Å². The Balaban J connectivity index is 2.94. The zero-order valence-electron chi connectivity index (χ0n) is 9.02. The Kier molecular flexibility index (Phi) is 3.00. The van der Waals surface area contributed by atoms with Gasteiger partial charge in [0.2, 0.25) is 0 Å². The Hall–Kier alpha value is -1.55. The Labute approximate surface area is 88.7 Å². The molecule has 0 aliphatic carbocycles. The second kappa shape index (κ2) is 3.90. The van der Waals surface area contributed by atoms with Crippen LogP contribution in [-0.4, -0.2) is 16.6 Å². The summed E-state index contributed by atoms with van der Waals surface area (Å²) in [4.78, 5) is 10.6. The predicted octanol–water partition coefficient (Wildman–Crippen LogP) is 2.34. The van der Waals surface area contributed by atoms with Crippen molar-refractivity contribution in [3.05, 3.63) is 29.8 Å². The van der Waals surface area contributed by atoms with E-state index in [0.29, 0.717) is 5.69 Å². The minimum absolute atomic E-state index is 0.182. The van der Waals surface area contributed by atoms with Gasteiger partial charge in [-0.25, -0.2) is 9.86 Å². The summed E-state index contributed by atoms with van der Waals surface area (Å²) in [6, 6.07) is 5.88. The van der Waals surface area contributed by atoms with Gasteiger partial charge in [-0.3, -0.25) is 0 Å². The number of hydrogen-bond donors (Lipinski definition) is 1. The molecule has 0 saturated carbocycles. The van der Waals surface area contributed by atoms with E-state index < -0.39 is 11.5 Å². The first-order chi connectivity index (χ1) is 6.82. The fourth-order valence-corrected chi connectivity index (χ4v) is 1.13. The number of hydroxylamine groups is 1. The fraction of sp³-hybridized carbons (Fsp3) is 0.364. The maximum Gasteiger partial charge on any atom is 0.335 e. The lowest BCUT2D eigenvalue weighted by Crippen LogP contribution is -2.37. The molecule has 15 heavy (non-hydrogen) atoms. The molecule has 0 saturated heterocycles. The first-order valence-electron chi connectivity index (χ1n) is 4.63. The number of aromatic carboxylic acids is 1. The number of rotatable bonds is 2. The molecule has 0 aliphatic rings. The molecule has 1 radical (unpaired) electrons. The van der Waals surface area contributed by atoms with E-state index in [1.807, 2.05) is 0 Å². The molecule has 0 aliphatic heterocycles. The molecule has 1 N–H and O–H groups in total. The van der Waals surface area contributed by atoms with Gasteiger partial charge >= 0.3 is 5.97 Å². The normalized spacial score (nSPS) is 11.2. The van der Waals surface area contributed by atoms with Gasteiger partial charge < -0.3 is 5.11 Å². The lowest BCUT2D eigenvalue weighted by atomic mass is 10.1. The summed E-state index contributed by atoms with van der Waals surface area (Å²) in [5.41, 5.74) is 0.124. The van der Waals surface area contributed by atoms with Crippen LogP contribution in [0.5, 0.6) is 0 Å². The van der Waals surface area contributed by atoms with Gasteiger partial charge in [0.05, 0.1) is 16.8 Å². The third kappa shape index (κ3) is 2.70. The predicted molar refractivity (Wildman–Crippen MR) is 56.3 cm³/mol. The van der Waals surface area contributed by atoms with Gasteiger partial charge in [-0.05, 0) is 45.0 Å².